The minimum atomic E-state index is -3.31. The SMILES string of the molecule is CN(CCS(=O)(=O)c1ccc(Br)cc1)Cc1cccc(F)c1. The van der Waals surface area contributed by atoms with E-state index in [4.69, 9.17) is 0 Å². The number of rotatable bonds is 6. The highest BCUT2D eigenvalue weighted by atomic mass is 79.9. The minimum Gasteiger partial charge on any atom is -0.301 e. The van der Waals surface area contributed by atoms with Crippen LogP contribution >= 0.6 is 15.9 Å². The lowest BCUT2D eigenvalue weighted by molar-refractivity contribution is 0.345. The molecule has 0 bridgehead atoms. The second-order valence-electron chi connectivity index (χ2n) is 5.14. The fourth-order valence-electron chi connectivity index (χ4n) is 2.06. The first-order chi connectivity index (χ1) is 10.4. The Morgan fingerprint density at radius 3 is 2.45 bits per heavy atom. The zero-order chi connectivity index (χ0) is 16.2. The summed E-state index contributed by atoms with van der Waals surface area (Å²) in [5.74, 6) is -0.256. The highest BCUT2D eigenvalue weighted by molar-refractivity contribution is 9.10. The van der Waals surface area contributed by atoms with Gasteiger partial charge in [0.2, 0.25) is 0 Å². The van der Waals surface area contributed by atoms with Crippen LogP contribution in [-0.4, -0.2) is 32.7 Å². The first kappa shape index (κ1) is 17.1. The number of nitrogens with zero attached hydrogens (tertiary/aromatic N) is 1. The Kier molecular flexibility index (Phi) is 5.72. The van der Waals surface area contributed by atoms with Crippen molar-refractivity contribution < 1.29 is 12.8 Å². The lowest BCUT2D eigenvalue weighted by atomic mass is 10.2. The van der Waals surface area contributed by atoms with E-state index in [1.807, 2.05) is 18.0 Å². The summed E-state index contributed by atoms with van der Waals surface area (Å²) in [5, 5.41) is 0. The molecule has 6 heteroatoms. The van der Waals surface area contributed by atoms with Gasteiger partial charge in [-0.2, -0.15) is 0 Å². The molecule has 0 radical (unpaired) electrons. The number of hydrogen-bond donors (Lipinski definition) is 0. The fourth-order valence-corrected chi connectivity index (χ4v) is 3.66. The molecule has 0 aliphatic carbocycles. The summed E-state index contributed by atoms with van der Waals surface area (Å²) in [6.45, 7) is 0.891. The van der Waals surface area contributed by atoms with Crippen LogP contribution in [0.2, 0.25) is 0 Å². The van der Waals surface area contributed by atoms with Crippen molar-refractivity contribution in [2.24, 2.45) is 0 Å². The van der Waals surface area contributed by atoms with Crippen molar-refractivity contribution in [2.75, 3.05) is 19.3 Å². The summed E-state index contributed by atoms with van der Waals surface area (Å²) >= 11 is 3.28. The van der Waals surface area contributed by atoms with Crippen LogP contribution in [0.1, 0.15) is 5.56 Å². The Morgan fingerprint density at radius 2 is 1.82 bits per heavy atom. The lowest BCUT2D eigenvalue weighted by Crippen LogP contribution is -2.25. The molecular formula is C16H17BrFNO2S. The number of hydrogen-bond acceptors (Lipinski definition) is 3. The molecule has 0 aromatic heterocycles. The van der Waals surface area contributed by atoms with Crippen LogP contribution in [0.3, 0.4) is 0 Å². The maximum Gasteiger partial charge on any atom is 0.179 e. The molecule has 2 aromatic rings. The Hall–Kier alpha value is -1.24. The molecule has 0 fully saturated rings. The van der Waals surface area contributed by atoms with Crippen LogP contribution < -0.4 is 0 Å². The quantitative estimate of drug-likeness (QED) is 0.763. The standard InChI is InChI=1S/C16H17BrFNO2S/c1-19(12-13-3-2-4-15(18)11-13)9-10-22(20,21)16-7-5-14(17)6-8-16/h2-8,11H,9-10,12H2,1H3. The van der Waals surface area contributed by atoms with Gasteiger partial charge in [0.05, 0.1) is 10.6 Å². The Labute approximate surface area is 138 Å². The average Bonchev–Trinajstić information content (AvgIpc) is 2.46. The zero-order valence-electron chi connectivity index (χ0n) is 12.2. The van der Waals surface area contributed by atoms with Crippen molar-refractivity contribution in [1.29, 1.82) is 0 Å². The average molecular weight is 386 g/mol. The molecule has 3 nitrogen and oxygen atoms in total. The van der Waals surface area contributed by atoms with Crippen LogP contribution in [0.4, 0.5) is 4.39 Å². The van der Waals surface area contributed by atoms with E-state index in [0.29, 0.717) is 18.0 Å². The summed E-state index contributed by atoms with van der Waals surface area (Å²) in [4.78, 5) is 2.18. The molecule has 0 saturated carbocycles. The molecule has 0 aliphatic heterocycles. The van der Waals surface area contributed by atoms with E-state index in [2.05, 4.69) is 15.9 Å². The van der Waals surface area contributed by atoms with E-state index in [0.717, 1.165) is 10.0 Å². The zero-order valence-corrected chi connectivity index (χ0v) is 14.6. The van der Waals surface area contributed by atoms with Gasteiger partial charge < -0.3 is 4.90 Å². The third-order valence-electron chi connectivity index (χ3n) is 3.26. The monoisotopic (exact) mass is 385 g/mol. The molecule has 2 rings (SSSR count). The van der Waals surface area contributed by atoms with Crippen LogP contribution in [0.15, 0.2) is 57.9 Å². The topological polar surface area (TPSA) is 37.4 Å². The first-order valence-electron chi connectivity index (χ1n) is 6.78. The van der Waals surface area contributed by atoms with Crippen molar-refractivity contribution in [2.45, 2.75) is 11.4 Å². The lowest BCUT2D eigenvalue weighted by Gasteiger charge is -2.16. The van der Waals surface area contributed by atoms with Gasteiger partial charge >= 0.3 is 0 Å². The van der Waals surface area contributed by atoms with Gasteiger partial charge in [-0.15, -0.1) is 0 Å². The summed E-state index contributed by atoms with van der Waals surface area (Å²) in [5.41, 5.74) is 0.823. The van der Waals surface area contributed by atoms with Crippen LogP contribution in [0, 0.1) is 5.82 Å². The highest BCUT2D eigenvalue weighted by Gasteiger charge is 2.15. The smallest absolute Gasteiger partial charge is 0.179 e. The molecule has 0 spiro atoms. The van der Waals surface area contributed by atoms with Gasteiger partial charge in [0.1, 0.15) is 5.82 Å². The highest BCUT2D eigenvalue weighted by Crippen LogP contribution is 2.16. The molecule has 0 aliphatic rings. The molecule has 0 amide bonds. The van der Waals surface area contributed by atoms with Crippen molar-refractivity contribution in [3.63, 3.8) is 0 Å². The second-order valence-corrected chi connectivity index (χ2v) is 8.17. The second kappa shape index (κ2) is 7.35. The first-order valence-corrected chi connectivity index (χ1v) is 9.23. The van der Waals surface area contributed by atoms with E-state index in [1.165, 1.54) is 12.1 Å². The predicted molar refractivity (Wildman–Crippen MR) is 88.9 cm³/mol. The van der Waals surface area contributed by atoms with E-state index in [9.17, 15) is 12.8 Å². The Morgan fingerprint density at radius 1 is 1.14 bits per heavy atom. The Bertz CT molecular complexity index is 732. The maximum absolute atomic E-state index is 13.1. The van der Waals surface area contributed by atoms with Crippen molar-refractivity contribution in [3.05, 3.63) is 64.4 Å². The van der Waals surface area contributed by atoms with E-state index in [1.54, 1.807) is 30.3 Å². The van der Waals surface area contributed by atoms with E-state index in [-0.39, 0.29) is 11.6 Å². The molecule has 0 N–H and O–H groups in total. The van der Waals surface area contributed by atoms with E-state index >= 15 is 0 Å². The van der Waals surface area contributed by atoms with Gasteiger partial charge in [-0.05, 0) is 49.0 Å². The summed E-state index contributed by atoms with van der Waals surface area (Å²) < 4.78 is 38.5. The van der Waals surface area contributed by atoms with Gasteiger partial charge in [0.15, 0.2) is 9.84 Å². The summed E-state index contributed by atoms with van der Waals surface area (Å²) in [6.07, 6.45) is 0. The minimum absolute atomic E-state index is 0.0282. The maximum atomic E-state index is 13.1. The van der Waals surface area contributed by atoms with Crippen molar-refractivity contribution >= 4 is 25.8 Å². The van der Waals surface area contributed by atoms with Gasteiger partial charge in [-0.1, -0.05) is 28.1 Å². The Balaban J connectivity index is 1.95. The number of benzene rings is 2. The van der Waals surface area contributed by atoms with E-state index < -0.39 is 9.84 Å². The van der Waals surface area contributed by atoms with Gasteiger partial charge in [0, 0.05) is 17.6 Å². The molecule has 2 aromatic carbocycles. The molecule has 22 heavy (non-hydrogen) atoms. The van der Waals surface area contributed by atoms with Gasteiger partial charge in [-0.25, -0.2) is 12.8 Å². The van der Waals surface area contributed by atoms with Crippen LogP contribution in [0.5, 0.6) is 0 Å². The molecule has 0 unspecified atom stereocenters. The van der Waals surface area contributed by atoms with Gasteiger partial charge in [-0.3, -0.25) is 0 Å². The largest absolute Gasteiger partial charge is 0.301 e. The molecule has 0 atom stereocenters. The molecular weight excluding hydrogens is 369 g/mol. The fraction of sp³-hybridized carbons (Fsp3) is 0.250. The number of sulfone groups is 1. The van der Waals surface area contributed by atoms with Crippen LogP contribution in [-0.2, 0) is 16.4 Å². The molecule has 118 valence electrons. The predicted octanol–water partition coefficient (Wildman–Crippen LogP) is 3.49. The van der Waals surface area contributed by atoms with Gasteiger partial charge in [0.25, 0.3) is 0 Å². The third kappa shape index (κ3) is 4.90. The summed E-state index contributed by atoms with van der Waals surface area (Å²) in [7, 11) is -1.49. The third-order valence-corrected chi connectivity index (χ3v) is 5.50. The van der Waals surface area contributed by atoms with Crippen molar-refractivity contribution in [3.8, 4) is 0 Å². The van der Waals surface area contributed by atoms with Crippen LogP contribution in [0.25, 0.3) is 0 Å². The molecule has 0 heterocycles. The molecule has 0 saturated heterocycles. The normalized spacial score (nSPS) is 11.8. The summed E-state index contributed by atoms with van der Waals surface area (Å²) in [6, 6.07) is 12.9. The van der Waals surface area contributed by atoms with Crippen molar-refractivity contribution in [1.82, 2.24) is 4.90 Å². The number of halogens is 2.